The molecule has 3 rings (SSSR count). The molecule has 0 aliphatic rings. The molecule has 0 bridgehead atoms. The molecule has 0 saturated carbocycles. The highest BCUT2D eigenvalue weighted by molar-refractivity contribution is 7.92. The van der Waals surface area contributed by atoms with Gasteiger partial charge in [-0.05, 0) is 55.7 Å². The number of rotatable bonds is 6. The maximum absolute atomic E-state index is 13.0. The summed E-state index contributed by atoms with van der Waals surface area (Å²) in [6.07, 6.45) is 0. The lowest BCUT2D eigenvalue weighted by molar-refractivity contribution is 0.0950. The Morgan fingerprint density at radius 2 is 1.59 bits per heavy atom. The first-order chi connectivity index (χ1) is 13.8. The Morgan fingerprint density at radius 3 is 2.28 bits per heavy atom. The van der Waals surface area contributed by atoms with Crippen LogP contribution in [-0.2, 0) is 16.6 Å². The van der Waals surface area contributed by atoms with Crippen molar-refractivity contribution in [3.8, 4) is 0 Å². The van der Waals surface area contributed by atoms with Crippen LogP contribution in [0.15, 0.2) is 71.6 Å². The lowest BCUT2D eigenvalue weighted by Crippen LogP contribution is -2.23. The van der Waals surface area contributed by atoms with Crippen molar-refractivity contribution < 1.29 is 13.2 Å². The molecule has 6 heteroatoms. The van der Waals surface area contributed by atoms with Crippen LogP contribution in [-0.4, -0.2) is 14.3 Å². The third-order valence-electron chi connectivity index (χ3n) is 4.66. The number of nitrogens with one attached hydrogen (secondary N) is 2. The monoisotopic (exact) mass is 408 g/mol. The van der Waals surface area contributed by atoms with Crippen molar-refractivity contribution >= 4 is 21.6 Å². The summed E-state index contributed by atoms with van der Waals surface area (Å²) in [6.45, 7) is 5.89. The van der Waals surface area contributed by atoms with Gasteiger partial charge in [0.15, 0.2) is 0 Å². The number of sulfonamides is 1. The predicted octanol–water partition coefficient (Wildman–Crippen LogP) is 4.34. The van der Waals surface area contributed by atoms with Crippen LogP contribution in [0.1, 0.15) is 32.6 Å². The standard InChI is InChI=1S/C23H24N2O3S/c1-16-9-12-21(18(3)13-16)25-29(27,28)22-14-20(11-10-17(22)2)23(26)24-15-19-7-5-4-6-8-19/h4-14,25H,15H2,1-3H3,(H,24,26). The number of carbonyl (C=O) groups is 1. The van der Waals surface area contributed by atoms with Gasteiger partial charge in [0.1, 0.15) is 0 Å². The molecule has 5 nitrogen and oxygen atoms in total. The number of carbonyl (C=O) groups excluding carboxylic acids is 1. The van der Waals surface area contributed by atoms with Gasteiger partial charge in [0.2, 0.25) is 0 Å². The van der Waals surface area contributed by atoms with E-state index in [2.05, 4.69) is 10.0 Å². The Morgan fingerprint density at radius 1 is 0.862 bits per heavy atom. The summed E-state index contributed by atoms with van der Waals surface area (Å²) in [7, 11) is -3.83. The smallest absolute Gasteiger partial charge is 0.262 e. The predicted molar refractivity (Wildman–Crippen MR) is 116 cm³/mol. The van der Waals surface area contributed by atoms with E-state index in [-0.39, 0.29) is 10.8 Å². The first kappa shape index (κ1) is 20.6. The van der Waals surface area contributed by atoms with Gasteiger partial charge in [-0.2, -0.15) is 0 Å². The number of hydrogen-bond donors (Lipinski definition) is 2. The zero-order valence-corrected chi connectivity index (χ0v) is 17.5. The minimum absolute atomic E-state index is 0.0878. The molecule has 3 aromatic carbocycles. The van der Waals surface area contributed by atoms with Crippen molar-refractivity contribution in [1.29, 1.82) is 0 Å². The van der Waals surface area contributed by atoms with Crippen LogP contribution in [0.3, 0.4) is 0 Å². The van der Waals surface area contributed by atoms with Gasteiger partial charge in [-0.15, -0.1) is 0 Å². The van der Waals surface area contributed by atoms with Gasteiger partial charge in [0.05, 0.1) is 10.6 Å². The molecule has 0 atom stereocenters. The first-order valence-corrected chi connectivity index (χ1v) is 10.8. The molecule has 0 unspecified atom stereocenters. The fraction of sp³-hybridized carbons (Fsp3) is 0.174. The molecular weight excluding hydrogens is 384 g/mol. The van der Waals surface area contributed by atoms with Gasteiger partial charge >= 0.3 is 0 Å². The molecule has 0 saturated heterocycles. The zero-order chi connectivity index (χ0) is 21.0. The summed E-state index contributed by atoms with van der Waals surface area (Å²) in [5.74, 6) is -0.322. The Bertz CT molecular complexity index is 1140. The summed E-state index contributed by atoms with van der Waals surface area (Å²) in [5, 5.41) is 2.82. The Kier molecular flexibility index (Phi) is 6.03. The third kappa shape index (κ3) is 5.03. The van der Waals surface area contributed by atoms with Crippen molar-refractivity contribution in [2.75, 3.05) is 4.72 Å². The molecule has 0 heterocycles. The highest BCUT2D eigenvalue weighted by atomic mass is 32.2. The van der Waals surface area contributed by atoms with E-state index in [0.717, 1.165) is 16.7 Å². The normalized spacial score (nSPS) is 11.1. The van der Waals surface area contributed by atoms with Crippen molar-refractivity contribution in [3.63, 3.8) is 0 Å². The van der Waals surface area contributed by atoms with Gasteiger partial charge in [-0.3, -0.25) is 9.52 Å². The second kappa shape index (κ2) is 8.49. The molecule has 3 aromatic rings. The summed E-state index contributed by atoms with van der Waals surface area (Å²) in [5.41, 5.74) is 4.25. The molecule has 0 aliphatic heterocycles. The largest absolute Gasteiger partial charge is 0.348 e. The number of benzene rings is 3. The van der Waals surface area contributed by atoms with Crippen LogP contribution in [0.4, 0.5) is 5.69 Å². The van der Waals surface area contributed by atoms with Crippen LogP contribution >= 0.6 is 0 Å². The Hall–Kier alpha value is -3.12. The van der Waals surface area contributed by atoms with Crippen LogP contribution in [0, 0.1) is 20.8 Å². The van der Waals surface area contributed by atoms with E-state index in [9.17, 15) is 13.2 Å². The van der Waals surface area contributed by atoms with Gasteiger partial charge in [0, 0.05) is 12.1 Å². The zero-order valence-electron chi connectivity index (χ0n) is 16.7. The molecule has 0 aromatic heterocycles. The molecule has 0 spiro atoms. The van der Waals surface area contributed by atoms with Crippen LogP contribution in [0.25, 0.3) is 0 Å². The highest BCUT2D eigenvalue weighted by Crippen LogP contribution is 2.23. The van der Waals surface area contributed by atoms with Gasteiger partial charge < -0.3 is 5.32 Å². The molecule has 2 N–H and O–H groups in total. The molecule has 0 radical (unpaired) electrons. The first-order valence-electron chi connectivity index (χ1n) is 9.29. The number of aryl methyl sites for hydroxylation is 3. The van der Waals surface area contributed by atoms with Crippen molar-refractivity contribution in [1.82, 2.24) is 5.32 Å². The molecule has 29 heavy (non-hydrogen) atoms. The highest BCUT2D eigenvalue weighted by Gasteiger charge is 2.20. The summed E-state index contributed by atoms with van der Waals surface area (Å²) >= 11 is 0. The molecule has 150 valence electrons. The van der Waals surface area contributed by atoms with E-state index in [1.54, 1.807) is 25.1 Å². The average Bonchev–Trinajstić information content (AvgIpc) is 2.69. The summed E-state index contributed by atoms with van der Waals surface area (Å²) in [4.78, 5) is 12.6. The van der Waals surface area contributed by atoms with Gasteiger partial charge in [0.25, 0.3) is 15.9 Å². The van der Waals surface area contributed by atoms with Crippen LogP contribution in [0.5, 0.6) is 0 Å². The average molecular weight is 409 g/mol. The van der Waals surface area contributed by atoms with Gasteiger partial charge in [-0.1, -0.05) is 54.1 Å². The fourth-order valence-electron chi connectivity index (χ4n) is 3.04. The minimum Gasteiger partial charge on any atom is -0.348 e. The maximum Gasteiger partial charge on any atom is 0.262 e. The summed E-state index contributed by atoms with van der Waals surface area (Å²) < 4.78 is 28.6. The van der Waals surface area contributed by atoms with E-state index < -0.39 is 10.0 Å². The van der Waals surface area contributed by atoms with Crippen LogP contribution in [0.2, 0.25) is 0 Å². The van der Waals surface area contributed by atoms with Crippen LogP contribution < -0.4 is 10.0 Å². The van der Waals surface area contributed by atoms with Crippen molar-refractivity contribution in [2.45, 2.75) is 32.2 Å². The lowest BCUT2D eigenvalue weighted by atomic mass is 10.1. The second-order valence-electron chi connectivity index (χ2n) is 7.07. The van der Waals surface area contributed by atoms with Gasteiger partial charge in [-0.25, -0.2) is 8.42 Å². The van der Waals surface area contributed by atoms with Crippen molar-refractivity contribution in [2.24, 2.45) is 0 Å². The van der Waals surface area contributed by atoms with E-state index >= 15 is 0 Å². The molecule has 1 amide bonds. The quantitative estimate of drug-likeness (QED) is 0.637. The SMILES string of the molecule is Cc1ccc(NS(=O)(=O)c2cc(C(=O)NCc3ccccc3)ccc2C)c(C)c1. The van der Waals surface area contributed by atoms with E-state index in [1.807, 2.05) is 56.3 Å². The Balaban J connectivity index is 1.83. The number of anilines is 1. The lowest BCUT2D eigenvalue weighted by Gasteiger charge is -2.14. The molecule has 0 fully saturated rings. The van der Waals surface area contributed by atoms with E-state index in [1.165, 1.54) is 6.07 Å². The topological polar surface area (TPSA) is 75.3 Å². The van der Waals surface area contributed by atoms with Crippen molar-refractivity contribution in [3.05, 3.63) is 94.5 Å². The number of hydrogen-bond acceptors (Lipinski definition) is 3. The van der Waals surface area contributed by atoms with E-state index in [0.29, 0.717) is 23.4 Å². The minimum atomic E-state index is -3.83. The third-order valence-corrected chi connectivity index (χ3v) is 6.17. The maximum atomic E-state index is 13.0. The Labute approximate surface area is 171 Å². The molecule has 0 aliphatic carbocycles. The fourth-order valence-corrected chi connectivity index (χ4v) is 4.44. The summed E-state index contributed by atoms with van der Waals surface area (Å²) in [6, 6.07) is 19.7. The second-order valence-corrected chi connectivity index (χ2v) is 8.72. The van der Waals surface area contributed by atoms with E-state index in [4.69, 9.17) is 0 Å². The number of amides is 1. The molecular formula is C23H24N2O3S.